The molecule has 17 heavy (non-hydrogen) atoms. The molecule has 5 nitrogen and oxygen atoms in total. The second kappa shape index (κ2) is 6.33. The lowest BCUT2D eigenvalue weighted by Gasteiger charge is -2.30. The molecule has 0 saturated carbocycles. The number of hydrogen-bond acceptors (Lipinski definition) is 4. The van der Waals surface area contributed by atoms with E-state index in [0.717, 1.165) is 12.8 Å². The highest BCUT2D eigenvalue weighted by atomic mass is 16.3. The van der Waals surface area contributed by atoms with E-state index < -0.39 is 6.10 Å². The van der Waals surface area contributed by atoms with E-state index in [2.05, 4.69) is 10.6 Å². The number of aliphatic hydroxyl groups excluding tert-OH is 2. The Morgan fingerprint density at radius 3 is 2.53 bits per heavy atom. The molecule has 4 N–H and O–H groups in total. The zero-order valence-corrected chi connectivity index (χ0v) is 10.7. The summed E-state index contributed by atoms with van der Waals surface area (Å²) in [6.45, 7) is 5.09. The minimum absolute atomic E-state index is 0.0822. The number of amides is 1. The number of rotatable bonds is 6. The molecule has 2 unspecified atom stereocenters. The van der Waals surface area contributed by atoms with Crippen LogP contribution in [-0.2, 0) is 4.79 Å². The van der Waals surface area contributed by atoms with Crippen molar-refractivity contribution in [2.24, 2.45) is 5.41 Å². The van der Waals surface area contributed by atoms with Crippen molar-refractivity contribution in [2.45, 2.75) is 45.3 Å². The summed E-state index contributed by atoms with van der Waals surface area (Å²) in [5, 5.41) is 24.6. The lowest BCUT2D eigenvalue weighted by atomic mass is 9.83. The van der Waals surface area contributed by atoms with Gasteiger partial charge in [0, 0.05) is 18.5 Å². The molecular weight excluding hydrogens is 220 g/mol. The van der Waals surface area contributed by atoms with Crippen LogP contribution in [0, 0.1) is 5.41 Å². The summed E-state index contributed by atoms with van der Waals surface area (Å²) in [7, 11) is 0. The first-order valence-corrected chi connectivity index (χ1v) is 6.37. The Hall–Kier alpha value is -0.650. The molecule has 1 fully saturated rings. The summed E-state index contributed by atoms with van der Waals surface area (Å²) in [4.78, 5) is 11.8. The molecule has 0 bridgehead atoms. The first-order chi connectivity index (χ1) is 8.06. The van der Waals surface area contributed by atoms with E-state index in [4.69, 9.17) is 0 Å². The third-order valence-electron chi connectivity index (χ3n) is 3.90. The Morgan fingerprint density at radius 1 is 1.47 bits per heavy atom. The lowest BCUT2D eigenvalue weighted by molar-refractivity contribution is -0.123. The molecule has 0 aromatic rings. The van der Waals surface area contributed by atoms with Gasteiger partial charge < -0.3 is 20.8 Å². The highest BCUT2D eigenvalue weighted by Crippen LogP contribution is 2.24. The molecule has 1 aliphatic heterocycles. The summed E-state index contributed by atoms with van der Waals surface area (Å²) >= 11 is 0. The van der Waals surface area contributed by atoms with Crippen LogP contribution in [0.3, 0.4) is 0 Å². The predicted octanol–water partition coefficient (Wildman–Crippen LogP) is -0.376. The number of nitrogens with one attached hydrogen (secondary N) is 2. The lowest BCUT2D eigenvalue weighted by Crippen LogP contribution is -2.46. The fourth-order valence-corrected chi connectivity index (χ4v) is 2.09. The fourth-order valence-electron chi connectivity index (χ4n) is 2.09. The molecule has 100 valence electrons. The van der Waals surface area contributed by atoms with Crippen molar-refractivity contribution < 1.29 is 15.0 Å². The van der Waals surface area contributed by atoms with E-state index in [9.17, 15) is 15.0 Å². The van der Waals surface area contributed by atoms with Crippen LogP contribution in [0.5, 0.6) is 0 Å². The van der Waals surface area contributed by atoms with Crippen LogP contribution in [0.25, 0.3) is 0 Å². The van der Waals surface area contributed by atoms with Gasteiger partial charge in [-0.15, -0.1) is 0 Å². The highest BCUT2D eigenvalue weighted by Gasteiger charge is 2.30. The zero-order chi connectivity index (χ0) is 12.9. The summed E-state index contributed by atoms with van der Waals surface area (Å²) < 4.78 is 0. The summed E-state index contributed by atoms with van der Waals surface area (Å²) in [5.41, 5.74) is -0.215. The van der Waals surface area contributed by atoms with Crippen molar-refractivity contribution >= 4 is 5.91 Å². The number of hydrogen-bond donors (Lipinski definition) is 4. The minimum Gasteiger partial charge on any atom is -0.396 e. The van der Waals surface area contributed by atoms with E-state index in [1.807, 2.05) is 13.8 Å². The highest BCUT2D eigenvalue weighted by molar-refractivity contribution is 5.82. The largest absolute Gasteiger partial charge is 0.396 e. The standard InChI is InChI=1S/C12H24N2O3/c1-3-12(4-2,8-15)7-14-11(17)10-5-9(16)6-13-10/h9-10,13,15-16H,3-8H2,1-2H3,(H,14,17). The van der Waals surface area contributed by atoms with E-state index >= 15 is 0 Å². The van der Waals surface area contributed by atoms with Gasteiger partial charge in [-0.2, -0.15) is 0 Å². The molecule has 0 spiro atoms. The maximum absolute atomic E-state index is 11.8. The van der Waals surface area contributed by atoms with E-state index in [1.165, 1.54) is 0 Å². The smallest absolute Gasteiger partial charge is 0.237 e. The Kier molecular flexibility index (Phi) is 5.36. The summed E-state index contributed by atoms with van der Waals surface area (Å²) in [6, 6.07) is -0.296. The third-order valence-corrected chi connectivity index (χ3v) is 3.90. The van der Waals surface area contributed by atoms with Gasteiger partial charge in [-0.3, -0.25) is 4.79 Å². The van der Waals surface area contributed by atoms with Gasteiger partial charge in [-0.05, 0) is 19.3 Å². The molecule has 0 radical (unpaired) electrons. The molecule has 2 atom stereocenters. The van der Waals surface area contributed by atoms with E-state index in [1.54, 1.807) is 0 Å². The fraction of sp³-hybridized carbons (Fsp3) is 0.917. The molecule has 1 saturated heterocycles. The number of carbonyl (C=O) groups is 1. The van der Waals surface area contributed by atoms with Gasteiger partial charge in [-0.25, -0.2) is 0 Å². The van der Waals surface area contributed by atoms with Gasteiger partial charge in [0.1, 0.15) is 0 Å². The van der Waals surface area contributed by atoms with Crippen LogP contribution < -0.4 is 10.6 Å². The molecule has 5 heteroatoms. The second-order valence-corrected chi connectivity index (χ2v) is 4.93. The SMILES string of the molecule is CCC(CC)(CO)CNC(=O)C1CC(O)CN1. The van der Waals surface area contributed by atoms with Gasteiger partial charge in [-0.1, -0.05) is 13.8 Å². The Labute approximate surface area is 103 Å². The van der Waals surface area contributed by atoms with Crippen LogP contribution >= 0.6 is 0 Å². The molecule has 1 aliphatic rings. The summed E-state index contributed by atoms with van der Waals surface area (Å²) in [6.07, 6.45) is 1.71. The average molecular weight is 244 g/mol. The van der Waals surface area contributed by atoms with Crippen LogP contribution in [-0.4, -0.2) is 48.0 Å². The van der Waals surface area contributed by atoms with Gasteiger partial charge >= 0.3 is 0 Å². The van der Waals surface area contributed by atoms with Crippen LogP contribution in [0.15, 0.2) is 0 Å². The molecule has 1 heterocycles. The van der Waals surface area contributed by atoms with Crippen molar-refractivity contribution in [1.29, 1.82) is 0 Å². The van der Waals surface area contributed by atoms with Crippen LogP contribution in [0.2, 0.25) is 0 Å². The van der Waals surface area contributed by atoms with Crippen molar-refractivity contribution in [3.8, 4) is 0 Å². The maximum Gasteiger partial charge on any atom is 0.237 e. The molecule has 0 aliphatic carbocycles. The van der Waals surface area contributed by atoms with Gasteiger partial charge in [0.15, 0.2) is 0 Å². The monoisotopic (exact) mass is 244 g/mol. The third kappa shape index (κ3) is 3.66. The number of carbonyl (C=O) groups excluding carboxylic acids is 1. The normalized spacial score (nSPS) is 24.9. The van der Waals surface area contributed by atoms with E-state index in [-0.39, 0.29) is 24.0 Å². The zero-order valence-electron chi connectivity index (χ0n) is 10.7. The molecule has 0 aromatic heterocycles. The van der Waals surface area contributed by atoms with Gasteiger partial charge in [0.05, 0.1) is 18.8 Å². The predicted molar refractivity (Wildman–Crippen MR) is 65.5 cm³/mol. The Bertz CT molecular complexity index is 246. The van der Waals surface area contributed by atoms with Gasteiger partial charge in [0.2, 0.25) is 5.91 Å². The van der Waals surface area contributed by atoms with Crippen molar-refractivity contribution in [1.82, 2.24) is 10.6 Å². The molecule has 1 amide bonds. The first kappa shape index (κ1) is 14.4. The van der Waals surface area contributed by atoms with Crippen LogP contribution in [0.4, 0.5) is 0 Å². The average Bonchev–Trinajstić information content (AvgIpc) is 2.78. The van der Waals surface area contributed by atoms with Crippen molar-refractivity contribution in [3.05, 3.63) is 0 Å². The van der Waals surface area contributed by atoms with Crippen molar-refractivity contribution in [3.63, 3.8) is 0 Å². The Balaban J connectivity index is 2.41. The molecular formula is C12H24N2O3. The van der Waals surface area contributed by atoms with Crippen LogP contribution in [0.1, 0.15) is 33.1 Å². The number of β-amino-alcohol motifs (C(OH)–C–C–N with tert-alkyl or cyclic N) is 1. The second-order valence-electron chi connectivity index (χ2n) is 4.93. The topological polar surface area (TPSA) is 81.6 Å². The first-order valence-electron chi connectivity index (χ1n) is 6.37. The minimum atomic E-state index is -0.425. The van der Waals surface area contributed by atoms with E-state index in [0.29, 0.717) is 19.5 Å². The van der Waals surface area contributed by atoms with Gasteiger partial charge in [0.25, 0.3) is 0 Å². The van der Waals surface area contributed by atoms with Crippen molar-refractivity contribution in [2.75, 3.05) is 19.7 Å². The molecule has 0 aromatic carbocycles. The quantitative estimate of drug-likeness (QED) is 0.513. The number of aliphatic hydroxyl groups is 2. The Morgan fingerprint density at radius 2 is 2.12 bits per heavy atom. The summed E-state index contributed by atoms with van der Waals surface area (Å²) in [5.74, 6) is -0.0822. The molecule has 1 rings (SSSR count). The maximum atomic E-state index is 11.8.